The molecule has 1 N–H and O–H groups in total. The van der Waals surface area contributed by atoms with Crippen molar-refractivity contribution in [3.8, 4) is 11.3 Å². The zero-order chi connectivity index (χ0) is 22.7. The maximum atomic E-state index is 13.0. The fourth-order valence-corrected chi connectivity index (χ4v) is 7.16. The van der Waals surface area contributed by atoms with Crippen molar-refractivity contribution < 1.29 is 22.7 Å². The number of carbonyl (C=O) groups excluding carboxylic acids is 2. The maximum Gasteiger partial charge on any atom is 0.350 e. The summed E-state index contributed by atoms with van der Waals surface area (Å²) in [7, 11) is -3.75. The van der Waals surface area contributed by atoms with Gasteiger partial charge in [-0.1, -0.05) is 47.7 Å². The first kappa shape index (κ1) is 22.6. The summed E-state index contributed by atoms with van der Waals surface area (Å²) in [5.41, 5.74) is 1.13. The molecule has 0 aliphatic carbocycles. The van der Waals surface area contributed by atoms with Gasteiger partial charge in [-0.3, -0.25) is 4.79 Å². The van der Waals surface area contributed by atoms with Crippen molar-refractivity contribution in [2.45, 2.75) is 30.0 Å². The van der Waals surface area contributed by atoms with E-state index in [1.54, 1.807) is 18.4 Å². The quantitative estimate of drug-likeness (QED) is 0.504. The highest BCUT2D eigenvalue weighted by atomic mass is 32.2. The van der Waals surface area contributed by atoms with Crippen LogP contribution in [0.2, 0.25) is 0 Å². The lowest BCUT2D eigenvalue weighted by atomic mass is 10.1. The molecule has 11 heteroatoms. The third-order valence-electron chi connectivity index (χ3n) is 4.93. The normalized spacial score (nSPS) is 16.7. The first-order valence-corrected chi connectivity index (χ1v) is 13.1. The minimum Gasteiger partial charge on any atom is -0.462 e. The van der Waals surface area contributed by atoms with Crippen LogP contribution in [-0.2, 0) is 19.6 Å². The summed E-state index contributed by atoms with van der Waals surface area (Å²) in [5.74, 6) is -0.987. The molecule has 1 saturated heterocycles. The summed E-state index contributed by atoms with van der Waals surface area (Å²) in [6.45, 7) is 2.20. The Kier molecular flexibility index (Phi) is 6.70. The molecule has 0 radical (unpaired) electrons. The number of nitrogens with one attached hydrogen (secondary N) is 1. The van der Waals surface area contributed by atoms with Crippen LogP contribution < -0.4 is 5.32 Å². The zero-order valence-corrected chi connectivity index (χ0v) is 19.6. The highest BCUT2D eigenvalue weighted by Crippen LogP contribution is 2.33. The average Bonchev–Trinajstić information content (AvgIpc) is 3.55. The highest BCUT2D eigenvalue weighted by Gasteiger charge is 2.40. The van der Waals surface area contributed by atoms with Crippen LogP contribution in [0, 0.1) is 0 Å². The van der Waals surface area contributed by atoms with Crippen LogP contribution in [0.25, 0.3) is 11.3 Å². The Bertz CT molecular complexity index is 1210. The van der Waals surface area contributed by atoms with E-state index in [1.165, 1.54) is 10.4 Å². The molecule has 8 nitrogen and oxygen atoms in total. The van der Waals surface area contributed by atoms with Gasteiger partial charge >= 0.3 is 5.97 Å². The van der Waals surface area contributed by atoms with Crippen LogP contribution in [0.1, 0.15) is 29.4 Å². The lowest BCUT2D eigenvalue weighted by Crippen LogP contribution is -2.42. The molecule has 1 fully saturated rings. The number of thiazole rings is 1. The van der Waals surface area contributed by atoms with Gasteiger partial charge < -0.3 is 10.1 Å². The Morgan fingerprint density at radius 1 is 1.22 bits per heavy atom. The number of benzene rings is 1. The number of anilines is 1. The number of aromatic nitrogens is 1. The van der Waals surface area contributed by atoms with Crippen LogP contribution in [-0.4, -0.2) is 48.8 Å². The van der Waals surface area contributed by atoms with E-state index in [1.807, 2.05) is 30.3 Å². The van der Waals surface area contributed by atoms with Crippen LogP contribution in [0.3, 0.4) is 0 Å². The van der Waals surface area contributed by atoms with Crippen molar-refractivity contribution in [2.75, 3.05) is 18.5 Å². The largest absolute Gasteiger partial charge is 0.462 e. The highest BCUT2D eigenvalue weighted by molar-refractivity contribution is 7.91. The summed E-state index contributed by atoms with van der Waals surface area (Å²) in [5, 5.41) is 4.63. The molecule has 0 spiro atoms. The van der Waals surface area contributed by atoms with Gasteiger partial charge in [-0.05, 0) is 31.2 Å². The Balaban J connectivity index is 1.60. The van der Waals surface area contributed by atoms with E-state index in [0.717, 1.165) is 28.2 Å². The molecule has 1 aliphatic heterocycles. The Morgan fingerprint density at radius 2 is 2.00 bits per heavy atom. The number of nitrogens with zero attached hydrogens (tertiary/aromatic N) is 2. The minimum absolute atomic E-state index is 0.211. The SMILES string of the molecule is CCOC(=O)c1sc(NC(=O)C2CCCN2S(=O)(=O)c2cccs2)nc1-c1ccccc1. The smallest absolute Gasteiger partial charge is 0.350 e. The van der Waals surface area contributed by atoms with Crippen molar-refractivity contribution in [2.24, 2.45) is 0 Å². The maximum absolute atomic E-state index is 13.0. The number of carbonyl (C=O) groups is 2. The second-order valence-corrected chi connectivity index (χ2v) is 11.0. The van der Waals surface area contributed by atoms with Gasteiger partial charge in [0, 0.05) is 12.1 Å². The van der Waals surface area contributed by atoms with Gasteiger partial charge in [-0.15, -0.1) is 11.3 Å². The van der Waals surface area contributed by atoms with Crippen LogP contribution in [0.4, 0.5) is 5.13 Å². The van der Waals surface area contributed by atoms with Gasteiger partial charge in [0.1, 0.15) is 15.1 Å². The van der Waals surface area contributed by atoms with E-state index in [4.69, 9.17) is 4.74 Å². The van der Waals surface area contributed by atoms with E-state index < -0.39 is 27.9 Å². The van der Waals surface area contributed by atoms with Gasteiger partial charge in [0.15, 0.2) is 5.13 Å². The minimum atomic E-state index is -3.75. The lowest BCUT2D eigenvalue weighted by Gasteiger charge is -2.22. The number of hydrogen-bond donors (Lipinski definition) is 1. The Morgan fingerprint density at radius 3 is 2.69 bits per heavy atom. The topological polar surface area (TPSA) is 106 Å². The van der Waals surface area contributed by atoms with Gasteiger partial charge in [0.25, 0.3) is 10.0 Å². The van der Waals surface area contributed by atoms with Crippen molar-refractivity contribution in [1.29, 1.82) is 0 Å². The monoisotopic (exact) mass is 491 g/mol. The molecule has 32 heavy (non-hydrogen) atoms. The number of thiophene rings is 1. The van der Waals surface area contributed by atoms with Gasteiger partial charge in [0.05, 0.1) is 12.3 Å². The summed E-state index contributed by atoms with van der Waals surface area (Å²) >= 11 is 2.13. The standard InChI is InChI=1S/C21H21N3O5S3/c1-2-29-20(26)18-17(14-8-4-3-5-9-14)22-21(31-18)23-19(25)15-10-6-12-24(15)32(27,28)16-11-7-13-30-16/h3-5,7-9,11,13,15H,2,6,10,12H2,1H3,(H,22,23,25). The van der Waals surface area contributed by atoms with E-state index in [-0.39, 0.29) is 27.4 Å². The number of rotatable bonds is 7. The lowest BCUT2D eigenvalue weighted by molar-refractivity contribution is -0.119. The molecule has 3 aromatic rings. The third-order valence-corrected chi connectivity index (χ3v) is 9.16. The van der Waals surface area contributed by atoms with Crippen LogP contribution in [0.5, 0.6) is 0 Å². The molecule has 1 amide bonds. The van der Waals surface area contributed by atoms with Gasteiger partial charge in [0.2, 0.25) is 5.91 Å². The average molecular weight is 492 g/mol. The second-order valence-electron chi connectivity index (χ2n) is 6.98. The number of sulfonamides is 1. The molecule has 2 aromatic heterocycles. The van der Waals surface area contributed by atoms with Gasteiger partial charge in [-0.2, -0.15) is 4.31 Å². The molecule has 4 rings (SSSR count). The Labute approximate surface area is 193 Å². The molecular weight excluding hydrogens is 470 g/mol. The van der Waals surface area contributed by atoms with Crippen molar-refractivity contribution in [3.63, 3.8) is 0 Å². The molecule has 0 bridgehead atoms. The first-order chi connectivity index (χ1) is 15.4. The molecule has 3 heterocycles. The zero-order valence-electron chi connectivity index (χ0n) is 17.2. The van der Waals surface area contributed by atoms with Crippen LogP contribution in [0.15, 0.2) is 52.1 Å². The number of hydrogen-bond acceptors (Lipinski definition) is 8. The molecule has 0 saturated carbocycles. The van der Waals surface area contributed by atoms with Gasteiger partial charge in [-0.25, -0.2) is 18.2 Å². The van der Waals surface area contributed by atoms with Crippen molar-refractivity contribution in [3.05, 3.63) is 52.7 Å². The molecule has 1 atom stereocenters. The van der Waals surface area contributed by atoms with E-state index in [2.05, 4.69) is 10.3 Å². The molecule has 1 aliphatic rings. The molecule has 168 valence electrons. The molecular formula is C21H21N3O5S3. The van der Waals surface area contributed by atoms with E-state index in [0.29, 0.717) is 18.5 Å². The predicted octanol–water partition coefficient (Wildman–Crippen LogP) is 3.84. The van der Waals surface area contributed by atoms with Crippen LogP contribution >= 0.6 is 22.7 Å². The summed E-state index contributed by atoms with van der Waals surface area (Å²) in [6.07, 6.45) is 1.00. The predicted molar refractivity (Wildman–Crippen MR) is 123 cm³/mol. The summed E-state index contributed by atoms with van der Waals surface area (Å²) < 4.78 is 32.5. The first-order valence-electron chi connectivity index (χ1n) is 10.0. The Hall–Kier alpha value is -2.60. The van der Waals surface area contributed by atoms with Crippen molar-refractivity contribution in [1.82, 2.24) is 9.29 Å². The summed E-state index contributed by atoms with van der Waals surface area (Å²) in [4.78, 5) is 30.2. The molecule has 1 unspecified atom stereocenters. The van der Waals surface area contributed by atoms with E-state index in [9.17, 15) is 18.0 Å². The van der Waals surface area contributed by atoms with E-state index >= 15 is 0 Å². The number of ether oxygens (including phenoxy) is 1. The third kappa shape index (κ3) is 4.46. The number of amides is 1. The number of esters is 1. The van der Waals surface area contributed by atoms with Crippen molar-refractivity contribution >= 4 is 49.7 Å². The molecule has 1 aromatic carbocycles. The fraction of sp³-hybridized carbons (Fsp3) is 0.286. The fourth-order valence-electron chi connectivity index (χ4n) is 3.50. The second kappa shape index (κ2) is 9.49. The summed E-state index contributed by atoms with van der Waals surface area (Å²) in [6, 6.07) is 11.5.